The number of amides is 3. The van der Waals surface area contributed by atoms with E-state index in [9.17, 15) is 9.59 Å². The lowest BCUT2D eigenvalue weighted by molar-refractivity contribution is -0.136. The van der Waals surface area contributed by atoms with Crippen LogP contribution in [0.2, 0.25) is 0 Å². The largest absolute Gasteiger partial charge is 0.338 e. The van der Waals surface area contributed by atoms with E-state index in [2.05, 4.69) is 45.5 Å². The Morgan fingerprint density at radius 3 is 2.23 bits per heavy atom. The van der Waals surface area contributed by atoms with Gasteiger partial charge in [0, 0.05) is 60.7 Å². The highest BCUT2D eigenvalue weighted by atomic mass is 31.0. The molecule has 8 heteroatoms. The number of urea groups is 1. The van der Waals surface area contributed by atoms with Crippen molar-refractivity contribution in [3.05, 3.63) is 0 Å². The second kappa shape index (κ2) is 7.11. The fraction of sp³-hybridized carbons (Fsp3) is 0.857. The van der Waals surface area contributed by atoms with E-state index >= 15 is 0 Å². The minimum absolute atomic E-state index is 0.0765. The van der Waals surface area contributed by atoms with Crippen LogP contribution in [0.4, 0.5) is 4.79 Å². The van der Waals surface area contributed by atoms with Crippen LogP contribution >= 0.6 is 9.39 Å². The predicted molar refractivity (Wildman–Crippen MR) is 88.1 cm³/mol. The average molecular weight is 328 g/mol. The molecule has 125 valence electrons. The molecule has 2 rings (SSSR count). The first-order valence-corrected chi connectivity index (χ1v) is 8.32. The Balaban J connectivity index is 1.88. The molecule has 0 aromatic heterocycles. The maximum atomic E-state index is 12.7. The van der Waals surface area contributed by atoms with E-state index in [0.717, 1.165) is 19.6 Å². The van der Waals surface area contributed by atoms with Gasteiger partial charge >= 0.3 is 6.03 Å². The van der Waals surface area contributed by atoms with Crippen molar-refractivity contribution < 1.29 is 9.59 Å². The number of hydrogen-bond donors (Lipinski definition) is 2. The standard InChI is InChI=1S/C14H27N5O2P/c1-14(2,3)19-5-4-15-11(10-19)12(20)17-6-8-18(9-7-17)13(21)16-22/h11,15,22H,4-10H2,1-3H3,(H,16,21). The van der Waals surface area contributed by atoms with Gasteiger partial charge < -0.3 is 20.2 Å². The molecule has 0 aliphatic carbocycles. The van der Waals surface area contributed by atoms with Gasteiger partial charge in [0.05, 0.1) is 6.04 Å². The van der Waals surface area contributed by atoms with Crippen LogP contribution in [0.3, 0.4) is 0 Å². The topological polar surface area (TPSA) is 67.9 Å². The summed E-state index contributed by atoms with van der Waals surface area (Å²) in [4.78, 5) is 30.1. The second-order valence-corrected chi connectivity index (χ2v) is 7.12. The highest BCUT2D eigenvalue weighted by Crippen LogP contribution is 2.16. The molecule has 2 aliphatic rings. The lowest BCUT2D eigenvalue weighted by Gasteiger charge is -2.43. The Morgan fingerprint density at radius 2 is 1.68 bits per heavy atom. The van der Waals surface area contributed by atoms with Gasteiger partial charge in [0.15, 0.2) is 0 Å². The molecule has 1 unspecified atom stereocenters. The second-order valence-electron chi connectivity index (χ2n) is 6.87. The normalized spacial score (nSPS) is 24.3. The molecule has 7 nitrogen and oxygen atoms in total. The molecule has 2 fully saturated rings. The summed E-state index contributed by atoms with van der Waals surface area (Å²) in [6.45, 7) is 11.4. The highest BCUT2D eigenvalue weighted by molar-refractivity contribution is 7.15. The van der Waals surface area contributed by atoms with Crippen molar-refractivity contribution in [2.45, 2.75) is 32.4 Å². The van der Waals surface area contributed by atoms with Crippen LogP contribution in [0.5, 0.6) is 0 Å². The molecule has 3 amide bonds. The molecule has 0 saturated carbocycles. The number of rotatable bonds is 1. The van der Waals surface area contributed by atoms with Crippen LogP contribution < -0.4 is 10.4 Å². The lowest BCUT2D eigenvalue weighted by Crippen LogP contribution is -2.63. The lowest BCUT2D eigenvalue weighted by atomic mass is 10.0. The Kier molecular flexibility index (Phi) is 5.64. The van der Waals surface area contributed by atoms with Crippen molar-refractivity contribution in [1.29, 1.82) is 0 Å². The molecule has 2 heterocycles. The molecule has 2 N–H and O–H groups in total. The summed E-state index contributed by atoms with van der Waals surface area (Å²) in [5.41, 5.74) is 0.0765. The van der Waals surface area contributed by atoms with E-state index in [4.69, 9.17) is 0 Å². The van der Waals surface area contributed by atoms with E-state index in [0.29, 0.717) is 26.2 Å². The van der Waals surface area contributed by atoms with Gasteiger partial charge in [0.25, 0.3) is 0 Å². The fourth-order valence-electron chi connectivity index (χ4n) is 2.95. The molecule has 1 radical (unpaired) electrons. The smallest absolute Gasteiger partial charge is 0.320 e. The van der Waals surface area contributed by atoms with E-state index in [1.165, 1.54) is 0 Å². The number of nitrogens with one attached hydrogen (secondary N) is 2. The molecule has 1 atom stereocenters. The number of hydrogen-bond acceptors (Lipinski definition) is 4. The predicted octanol–water partition coefficient (Wildman–Crippen LogP) is -0.0297. The Hall–Kier alpha value is -0.910. The van der Waals surface area contributed by atoms with Gasteiger partial charge in [-0.15, -0.1) is 0 Å². The Morgan fingerprint density at radius 1 is 1.09 bits per heavy atom. The third-order valence-electron chi connectivity index (χ3n) is 4.41. The van der Waals surface area contributed by atoms with Crippen molar-refractivity contribution in [1.82, 2.24) is 25.1 Å². The number of carbonyl (C=O) groups is 2. The summed E-state index contributed by atoms with van der Waals surface area (Å²) in [5, 5.41) is 5.76. The van der Waals surface area contributed by atoms with Crippen molar-refractivity contribution in [3.63, 3.8) is 0 Å². The summed E-state index contributed by atoms with van der Waals surface area (Å²) < 4.78 is 0. The molecular weight excluding hydrogens is 301 g/mol. The molecular formula is C14H27N5O2P. The maximum Gasteiger partial charge on any atom is 0.320 e. The zero-order chi connectivity index (χ0) is 16.3. The molecule has 22 heavy (non-hydrogen) atoms. The third kappa shape index (κ3) is 4.09. The minimum atomic E-state index is -0.154. The van der Waals surface area contributed by atoms with Crippen LogP contribution in [0.1, 0.15) is 20.8 Å². The van der Waals surface area contributed by atoms with Gasteiger partial charge in [-0.25, -0.2) is 4.79 Å². The first-order valence-electron chi connectivity index (χ1n) is 7.82. The van der Waals surface area contributed by atoms with Gasteiger partial charge in [0.2, 0.25) is 5.91 Å². The van der Waals surface area contributed by atoms with E-state index in [-0.39, 0.29) is 23.5 Å². The summed E-state index contributed by atoms with van der Waals surface area (Å²) in [6.07, 6.45) is 0. The fourth-order valence-corrected chi connectivity index (χ4v) is 3.11. The maximum absolute atomic E-state index is 12.7. The molecule has 2 saturated heterocycles. The van der Waals surface area contributed by atoms with E-state index in [1.807, 2.05) is 4.90 Å². The van der Waals surface area contributed by atoms with Gasteiger partial charge in [-0.1, -0.05) is 0 Å². The molecule has 0 aromatic rings. The Labute approximate surface area is 135 Å². The zero-order valence-corrected chi connectivity index (χ0v) is 14.7. The summed E-state index contributed by atoms with van der Waals surface area (Å²) in [6, 6.07) is -0.303. The first-order chi connectivity index (χ1) is 10.3. The summed E-state index contributed by atoms with van der Waals surface area (Å²) in [5.74, 6) is 0.146. The van der Waals surface area contributed by atoms with Crippen LogP contribution in [0.25, 0.3) is 0 Å². The van der Waals surface area contributed by atoms with Crippen molar-refractivity contribution in [2.75, 3.05) is 45.8 Å². The summed E-state index contributed by atoms with van der Waals surface area (Å²) in [7, 11) is 2.99. The number of piperazine rings is 2. The van der Waals surface area contributed by atoms with E-state index < -0.39 is 0 Å². The SMILES string of the molecule is CC(C)(C)N1CCNC(C(=O)N2CCN(C(=O)N[PH])CC2)C1. The van der Waals surface area contributed by atoms with Gasteiger partial charge in [-0.3, -0.25) is 9.69 Å². The molecule has 0 bridgehead atoms. The van der Waals surface area contributed by atoms with Gasteiger partial charge in [-0.2, -0.15) is 0 Å². The van der Waals surface area contributed by atoms with Gasteiger partial charge in [0.1, 0.15) is 0 Å². The number of carbonyl (C=O) groups excluding carboxylic acids is 2. The summed E-state index contributed by atoms with van der Waals surface area (Å²) >= 11 is 0. The van der Waals surface area contributed by atoms with Crippen LogP contribution in [0, 0.1) is 0 Å². The monoisotopic (exact) mass is 328 g/mol. The quantitative estimate of drug-likeness (QED) is 0.664. The van der Waals surface area contributed by atoms with Crippen LogP contribution in [0.15, 0.2) is 0 Å². The van der Waals surface area contributed by atoms with E-state index in [1.54, 1.807) is 4.90 Å². The molecule has 0 spiro atoms. The van der Waals surface area contributed by atoms with Crippen molar-refractivity contribution in [2.24, 2.45) is 0 Å². The minimum Gasteiger partial charge on any atom is -0.338 e. The molecule has 2 aliphatic heterocycles. The number of nitrogens with zero attached hydrogens (tertiary/aromatic N) is 3. The van der Waals surface area contributed by atoms with Crippen LogP contribution in [-0.2, 0) is 4.79 Å². The third-order valence-corrected chi connectivity index (χ3v) is 4.62. The van der Waals surface area contributed by atoms with Crippen molar-refractivity contribution >= 4 is 21.3 Å². The first kappa shape index (κ1) is 17.4. The molecule has 0 aromatic carbocycles. The van der Waals surface area contributed by atoms with Crippen molar-refractivity contribution in [3.8, 4) is 0 Å². The highest BCUT2D eigenvalue weighted by Gasteiger charge is 2.34. The van der Waals surface area contributed by atoms with Gasteiger partial charge in [-0.05, 0) is 20.8 Å². The van der Waals surface area contributed by atoms with Crippen LogP contribution in [-0.4, -0.2) is 84.0 Å². The zero-order valence-electron chi connectivity index (χ0n) is 13.7. The Bertz CT molecular complexity index is 418. The average Bonchev–Trinajstić information content (AvgIpc) is 2.53.